The van der Waals surface area contributed by atoms with Crippen molar-refractivity contribution in [3.63, 3.8) is 0 Å². The Hall–Kier alpha value is -2.81. The minimum Gasteiger partial charge on any atom is -0.260 e. The smallest absolute Gasteiger partial charge is 0.0881 e. The molecule has 0 aliphatic heterocycles. The van der Waals surface area contributed by atoms with Crippen molar-refractivity contribution in [1.29, 1.82) is 0 Å². The van der Waals surface area contributed by atoms with E-state index in [-0.39, 0.29) is 0 Å². The molecule has 3 heteroatoms. The highest BCUT2D eigenvalue weighted by molar-refractivity contribution is 5.87. The van der Waals surface area contributed by atoms with Crippen LogP contribution in [0.15, 0.2) is 65.0 Å². The van der Waals surface area contributed by atoms with E-state index in [0.717, 1.165) is 29.8 Å². The third-order valence-corrected chi connectivity index (χ3v) is 5.12. The zero-order valence-electron chi connectivity index (χ0n) is 15.5. The second kappa shape index (κ2) is 6.83. The van der Waals surface area contributed by atoms with Gasteiger partial charge in [0.25, 0.3) is 0 Å². The SMILES string of the molecule is CN=Nc1ccc(C2=CCc3ncc(C4=CCC(C)C=C4)cc32)cc1C. The highest BCUT2D eigenvalue weighted by Crippen LogP contribution is 2.36. The number of allylic oxidation sites excluding steroid dienone is 5. The van der Waals surface area contributed by atoms with Gasteiger partial charge < -0.3 is 0 Å². The Morgan fingerprint density at radius 1 is 1.12 bits per heavy atom. The van der Waals surface area contributed by atoms with E-state index in [1.165, 1.54) is 27.8 Å². The van der Waals surface area contributed by atoms with Crippen LogP contribution in [0.5, 0.6) is 0 Å². The molecule has 1 atom stereocenters. The van der Waals surface area contributed by atoms with Crippen LogP contribution in [0.25, 0.3) is 11.1 Å². The third kappa shape index (κ3) is 3.05. The van der Waals surface area contributed by atoms with Crippen LogP contribution in [0.4, 0.5) is 5.69 Å². The van der Waals surface area contributed by atoms with Crippen LogP contribution < -0.4 is 0 Å². The van der Waals surface area contributed by atoms with E-state index in [1.807, 2.05) is 12.3 Å². The number of pyridine rings is 1. The number of aromatic nitrogens is 1. The standard InChI is InChI=1S/C23H23N3/c1-15-4-6-17(7-5-15)19-13-21-20(9-11-23(21)25-14-19)18-8-10-22(26-24-3)16(2)12-18/h4,6-10,12-15H,5,11H2,1-3H3. The summed E-state index contributed by atoms with van der Waals surface area (Å²) in [4.78, 5) is 4.74. The van der Waals surface area contributed by atoms with Crippen molar-refractivity contribution in [3.05, 3.63) is 82.7 Å². The highest BCUT2D eigenvalue weighted by atomic mass is 15.1. The summed E-state index contributed by atoms with van der Waals surface area (Å²) in [6.07, 6.45) is 13.1. The van der Waals surface area contributed by atoms with Crippen LogP contribution in [-0.4, -0.2) is 12.0 Å². The molecule has 2 aliphatic carbocycles. The van der Waals surface area contributed by atoms with Crippen molar-refractivity contribution in [2.45, 2.75) is 26.7 Å². The van der Waals surface area contributed by atoms with Crippen LogP contribution in [0, 0.1) is 12.8 Å². The maximum absolute atomic E-state index is 4.74. The summed E-state index contributed by atoms with van der Waals surface area (Å²) in [6, 6.07) is 8.66. The fourth-order valence-electron chi connectivity index (χ4n) is 3.61. The lowest BCUT2D eigenvalue weighted by Gasteiger charge is -2.14. The van der Waals surface area contributed by atoms with Crippen LogP contribution in [0.3, 0.4) is 0 Å². The quantitative estimate of drug-likeness (QED) is 0.624. The van der Waals surface area contributed by atoms with Crippen molar-refractivity contribution >= 4 is 16.8 Å². The zero-order chi connectivity index (χ0) is 18.1. The average molecular weight is 341 g/mol. The normalized spacial score (nSPS) is 18.8. The summed E-state index contributed by atoms with van der Waals surface area (Å²) in [7, 11) is 1.70. The first-order valence-corrected chi connectivity index (χ1v) is 9.15. The molecule has 2 aliphatic rings. The van der Waals surface area contributed by atoms with Gasteiger partial charge in [0.2, 0.25) is 0 Å². The summed E-state index contributed by atoms with van der Waals surface area (Å²) < 4.78 is 0. The Bertz CT molecular complexity index is 977. The van der Waals surface area contributed by atoms with Gasteiger partial charge in [-0.1, -0.05) is 37.3 Å². The lowest BCUT2D eigenvalue weighted by molar-refractivity contribution is 0.739. The molecule has 1 aromatic heterocycles. The molecule has 1 aromatic carbocycles. The Balaban J connectivity index is 1.70. The molecule has 0 radical (unpaired) electrons. The van der Waals surface area contributed by atoms with Gasteiger partial charge in [-0.15, -0.1) is 0 Å². The second-order valence-electron chi connectivity index (χ2n) is 7.07. The molecule has 0 spiro atoms. The van der Waals surface area contributed by atoms with Gasteiger partial charge in [-0.25, -0.2) is 0 Å². The monoisotopic (exact) mass is 341 g/mol. The largest absolute Gasteiger partial charge is 0.260 e. The van der Waals surface area contributed by atoms with E-state index >= 15 is 0 Å². The number of hydrogen-bond acceptors (Lipinski definition) is 3. The van der Waals surface area contributed by atoms with E-state index in [0.29, 0.717) is 5.92 Å². The first kappa shape index (κ1) is 16.6. The number of hydrogen-bond donors (Lipinski definition) is 0. The molecule has 26 heavy (non-hydrogen) atoms. The molecule has 130 valence electrons. The molecular formula is C23H23N3. The first-order chi connectivity index (χ1) is 12.7. The van der Waals surface area contributed by atoms with Gasteiger partial charge in [-0.2, -0.15) is 10.2 Å². The van der Waals surface area contributed by atoms with Gasteiger partial charge in [0, 0.05) is 30.8 Å². The van der Waals surface area contributed by atoms with Crippen LogP contribution in [0.1, 0.15) is 41.3 Å². The number of azo groups is 1. The van der Waals surface area contributed by atoms with Gasteiger partial charge in [-0.05, 0) is 59.7 Å². The van der Waals surface area contributed by atoms with Crippen LogP contribution >= 0.6 is 0 Å². The van der Waals surface area contributed by atoms with Crippen molar-refractivity contribution in [2.24, 2.45) is 16.1 Å². The molecule has 0 saturated heterocycles. The van der Waals surface area contributed by atoms with Crippen molar-refractivity contribution in [2.75, 3.05) is 7.05 Å². The maximum Gasteiger partial charge on any atom is 0.0881 e. The molecule has 0 bridgehead atoms. The molecular weight excluding hydrogens is 318 g/mol. The van der Waals surface area contributed by atoms with Crippen molar-refractivity contribution in [3.8, 4) is 0 Å². The molecule has 0 N–H and O–H groups in total. The van der Waals surface area contributed by atoms with Crippen LogP contribution in [0.2, 0.25) is 0 Å². The summed E-state index contributed by atoms with van der Waals surface area (Å²) in [5.41, 5.74) is 9.44. The minimum absolute atomic E-state index is 0.623. The van der Waals surface area contributed by atoms with E-state index in [9.17, 15) is 0 Å². The number of nitrogens with zero attached hydrogens (tertiary/aromatic N) is 3. The van der Waals surface area contributed by atoms with Crippen LogP contribution in [-0.2, 0) is 6.42 Å². The molecule has 1 heterocycles. The number of aryl methyl sites for hydroxylation is 1. The van der Waals surface area contributed by atoms with Gasteiger partial charge in [-0.3, -0.25) is 4.98 Å². The minimum atomic E-state index is 0.623. The van der Waals surface area contributed by atoms with Gasteiger partial charge in [0.1, 0.15) is 0 Å². The predicted octanol–water partition coefficient (Wildman–Crippen LogP) is 6.07. The lowest BCUT2D eigenvalue weighted by Crippen LogP contribution is -1.98. The molecule has 0 amide bonds. The van der Waals surface area contributed by atoms with Crippen molar-refractivity contribution in [1.82, 2.24) is 4.98 Å². The second-order valence-corrected chi connectivity index (χ2v) is 7.07. The molecule has 1 unspecified atom stereocenters. The summed E-state index contributed by atoms with van der Waals surface area (Å²) in [6.45, 7) is 4.33. The first-order valence-electron chi connectivity index (χ1n) is 9.15. The molecule has 0 fully saturated rings. The van der Waals surface area contributed by atoms with E-state index in [2.05, 4.69) is 66.6 Å². The Kier molecular flexibility index (Phi) is 4.37. The lowest BCUT2D eigenvalue weighted by atomic mass is 9.92. The number of benzene rings is 1. The van der Waals surface area contributed by atoms with E-state index in [1.54, 1.807) is 7.05 Å². The Morgan fingerprint density at radius 2 is 2.00 bits per heavy atom. The topological polar surface area (TPSA) is 37.6 Å². The molecule has 3 nitrogen and oxygen atoms in total. The summed E-state index contributed by atoms with van der Waals surface area (Å²) >= 11 is 0. The van der Waals surface area contributed by atoms with E-state index in [4.69, 9.17) is 4.98 Å². The summed E-state index contributed by atoms with van der Waals surface area (Å²) in [5, 5.41) is 8.06. The number of rotatable bonds is 3. The van der Waals surface area contributed by atoms with Gasteiger partial charge in [0.15, 0.2) is 0 Å². The Morgan fingerprint density at radius 3 is 2.73 bits per heavy atom. The number of fused-ring (bicyclic) bond motifs is 1. The third-order valence-electron chi connectivity index (χ3n) is 5.12. The zero-order valence-corrected chi connectivity index (χ0v) is 15.5. The average Bonchev–Trinajstić information content (AvgIpc) is 3.07. The fourth-order valence-corrected chi connectivity index (χ4v) is 3.61. The Labute approximate surface area is 154 Å². The summed E-state index contributed by atoms with van der Waals surface area (Å²) in [5.74, 6) is 0.623. The molecule has 0 saturated carbocycles. The maximum atomic E-state index is 4.74. The highest BCUT2D eigenvalue weighted by Gasteiger charge is 2.19. The fraction of sp³-hybridized carbons (Fsp3) is 0.261. The van der Waals surface area contributed by atoms with E-state index < -0.39 is 0 Å². The van der Waals surface area contributed by atoms with Crippen molar-refractivity contribution < 1.29 is 0 Å². The van der Waals surface area contributed by atoms with Gasteiger partial charge >= 0.3 is 0 Å². The molecule has 2 aromatic rings. The molecule has 4 rings (SSSR count). The van der Waals surface area contributed by atoms with Gasteiger partial charge in [0.05, 0.1) is 11.4 Å². The predicted molar refractivity (Wildman–Crippen MR) is 108 cm³/mol.